The van der Waals surface area contributed by atoms with Crippen molar-refractivity contribution in [1.29, 1.82) is 0 Å². The molecule has 0 radical (unpaired) electrons. The summed E-state index contributed by atoms with van der Waals surface area (Å²) in [5.41, 5.74) is 0. The van der Waals surface area contributed by atoms with Crippen molar-refractivity contribution in [2.75, 3.05) is 20.3 Å². The van der Waals surface area contributed by atoms with Crippen molar-refractivity contribution < 1.29 is 4.74 Å². The van der Waals surface area contributed by atoms with E-state index < -0.39 is 0 Å². The molecule has 2 atom stereocenters. The Morgan fingerprint density at radius 3 is 3.00 bits per heavy atom. The maximum Gasteiger partial charge on any atom is 0.0615 e. The lowest BCUT2D eigenvalue weighted by atomic mass is 9.95. The van der Waals surface area contributed by atoms with Gasteiger partial charge in [0.25, 0.3) is 0 Å². The van der Waals surface area contributed by atoms with Crippen LogP contribution in [0.3, 0.4) is 0 Å². The Bertz CT molecular complexity index is 93.3. The molecule has 2 heteroatoms. The average Bonchev–Trinajstić information content (AvgIpc) is 1.88. The number of hydrogen-bond acceptors (Lipinski definition) is 2. The van der Waals surface area contributed by atoms with E-state index >= 15 is 0 Å². The average molecular weight is 143 g/mol. The predicted molar refractivity (Wildman–Crippen MR) is 42.1 cm³/mol. The van der Waals surface area contributed by atoms with Crippen LogP contribution in [0.5, 0.6) is 0 Å². The number of piperidine rings is 1. The smallest absolute Gasteiger partial charge is 0.0615 e. The summed E-state index contributed by atoms with van der Waals surface area (Å²) in [5.74, 6) is 0.876. The summed E-state index contributed by atoms with van der Waals surface area (Å²) < 4.78 is 5.07. The molecule has 0 spiro atoms. The van der Waals surface area contributed by atoms with Crippen molar-refractivity contribution in [2.24, 2.45) is 5.92 Å². The third-order valence-corrected chi connectivity index (χ3v) is 2.12. The first kappa shape index (κ1) is 8.02. The SMILES string of the molecule is COCC1CC(C)CCN1. The van der Waals surface area contributed by atoms with E-state index in [1.807, 2.05) is 0 Å². The third kappa shape index (κ3) is 2.27. The maximum absolute atomic E-state index is 5.07. The number of ether oxygens (including phenoxy) is 1. The Labute approximate surface area is 63.0 Å². The summed E-state index contributed by atoms with van der Waals surface area (Å²) in [4.78, 5) is 0. The molecule has 1 rings (SSSR count). The lowest BCUT2D eigenvalue weighted by Gasteiger charge is -2.27. The zero-order chi connectivity index (χ0) is 7.40. The summed E-state index contributed by atoms with van der Waals surface area (Å²) in [6.07, 6.45) is 2.59. The Morgan fingerprint density at radius 2 is 2.40 bits per heavy atom. The summed E-state index contributed by atoms with van der Waals surface area (Å²) in [6, 6.07) is 0.605. The number of nitrogens with one attached hydrogen (secondary N) is 1. The van der Waals surface area contributed by atoms with Crippen LogP contribution >= 0.6 is 0 Å². The first-order chi connectivity index (χ1) is 4.83. The minimum atomic E-state index is 0.605. The lowest BCUT2D eigenvalue weighted by Crippen LogP contribution is -2.40. The van der Waals surface area contributed by atoms with Crippen molar-refractivity contribution in [1.82, 2.24) is 5.32 Å². The molecule has 0 saturated carbocycles. The molecule has 1 N–H and O–H groups in total. The van der Waals surface area contributed by atoms with E-state index in [9.17, 15) is 0 Å². The quantitative estimate of drug-likeness (QED) is 0.623. The van der Waals surface area contributed by atoms with E-state index in [-0.39, 0.29) is 0 Å². The molecular weight excluding hydrogens is 126 g/mol. The van der Waals surface area contributed by atoms with Crippen LogP contribution in [0.1, 0.15) is 19.8 Å². The number of rotatable bonds is 2. The van der Waals surface area contributed by atoms with Gasteiger partial charge in [0.2, 0.25) is 0 Å². The van der Waals surface area contributed by atoms with Crippen LogP contribution < -0.4 is 5.32 Å². The van der Waals surface area contributed by atoms with Gasteiger partial charge < -0.3 is 10.1 Å². The van der Waals surface area contributed by atoms with Gasteiger partial charge >= 0.3 is 0 Å². The topological polar surface area (TPSA) is 21.3 Å². The van der Waals surface area contributed by atoms with Gasteiger partial charge in [-0.2, -0.15) is 0 Å². The van der Waals surface area contributed by atoms with Crippen molar-refractivity contribution in [3.8, 4) is 0 Å². The summed E-state index contributed by atoms with van der Waals surface area (Å²) in [6.45, 7) is 4.34. The summed E-state index contributed by atoms with van der Waals surface area (Å²) in [5, 5.41) is 3.43. The van der Waals surface area contributed by atoms with E-state index in [4.69, 9.17) is 4.74 Å². The van der Waals surface area contributed by atoms with E-state index in [0.717, 1.165) is 19.1 Å². The Hall–Kier alpha value is -0.0800. The fraction of sp³-hybridized carbons (Fsp3) is 1.00. The highest BCUT2D eigenvalue weighted by Crippen LogP contribution is 2.14. The summed E-state index contributed by atoms with van der Waals surface area (Å²) >= 11 is 0. The zero-order valence-electron chi connectivity index (χ0n) is 6.89. The zero-order valence-corrected chi connectivity index (χ0v) is 6.89. The van der Waals surface area contributed by atoms with Crippen molar-refractivity contribution in [2.45, 2.75) is 25.8 Å². The van der Waals surface area contributed by atoms with E-state index in [1.165, 1.54) is 12.8 Å². The van der Waals surface area contributed by atoms with E-state index in [1.54, 1.807) is 7.11 Å². The Morgan fingerprint density at radius 1 is 1.60 bits per heavy atom. The number of methoxy groups -OCH3 is 1. The van der Waals surface area contributed by atoms with Gasteiger partial charge in [-0.3, -0.25) is 0 Å². The van der Waals surface area contributed by atoms with Gasteiger partial charge in [0.05, 0.1) is 6.61 Å². The fourth-order valence-electron chi connectivity index (χ4n) is 1.55. The first-order valence-corrected chi connectivity index (χ1v) is 4.05. The van der Waals surface area contributed by atoms with Crippen molar-refractivity contribution >= 4 is 0 Å². The lowest BCUT2D eigenvalue weighted by molar-refractivity contribution is 0.142. The van der Waals surface area contributed by atoms with E-state index in [2.05, 4.69) is 12.2 Å². The van der Waals surface area contributed by atoms with Gasteiger partial charge in [-0.25, -0.2) is 0 Å². The molecule has 0 aromatic heterocycles. The van der Waals surface area contributed by atoms with Crippen LogP contribution in [0.2, 0.25) is 0 Å². The van der Waals surface area contributed by atoms with Crippen LogP contribution in [0.25, 0.3) is 0 Å². The van der Waals surface area contributed by atoms with Crippen molar-refractivity contribution in [3.63, 3.8) is 0 Å². The third-order valence-electron chi connectivity index (χ3n) is 2.12. The van der Waals surface area contributed by atoms with Gasteiger partial charge in [0, 0.05) is 13.2 Å². The van der Waals surface area contributed by atoms with E-state index in [0.29, 0.717) is 6.04 Å². The first-order valence-electron chi connectivity index (χ1n) is 4.05. The highest BCUT2D eigenvalue weighted by molar-refractivity contribution is 4.75. The highest BCUT2D eigenvalue weighted by Gasteiger charge is 2.16. The summed E-state index contributed by atoms with van der Waals surface area (Å²) in [7, 11) is 1.76. The molecular formula is C8H17NO. The highest BCUT2D eigenvalue weighted by atomic mass is 16.5. The molecule has 0 amide bonds. The van der Waals surface area contributed by atoms with Gasteiger partial charge in [-0.1, -0.05) is 6.92 Å². The minimum absolute atomic E-state index is 0.605. The molecule has 0 aromatic rings. The molecule has 1 fully saturated rings. The largest absolute Gasteiger partial charge is 0.383 e. The molecule has 0 aliphatic carbocycles. The maximum atomic E-state index is 5.07. The monoisotopic (exact) mass is 143 g/mol. The Kier molecular flexibility index (Phi) is 3.16. The predicted octanol–water partition coefficient (Wildman–Crippen LogP) is 1.02. The molecule has 0 aromatic carbocycles. The number of hydrogen-bond donors (Lipinski definition) is 1. The normalized spacial score (nSPS) is 34.2. The van der Waals surface area contributed by atoms with Crippen LogP contribution in [-0.4, -0.2) is 26.3 Å². The van der Waals surface area contributed by atoms with Crippen LogP contribution in [-0.2, 0) is 4.74 Å². The fourth-order valence-corrected chi connectivity index (χ4v) is 1.55. The second-order valence-corrected chi connectivity index (χ2v) is 3.24. The van der Waals surface area contributed by atoms with Crippen molar-refractivity contribution in [3.05, 3.63) is 0 Å². The van der Waals surface area contributed by atoms with Crippen LogP contribution in [0.4, 0.5) is 0 Å². The molecule has 1 heterocycles. The Balaban J connectivity index is 2.18. The van der Waals surface area contributed by atoms with Gasteiger partial charge in [0.1, 0.15) is 0 Å². The molecule has 1 aliphatic rings. The van der Waals surface area contributed by atoms with Crippen LogP contribution in [0.15, 0.2) is 0 Å². The second kappa shape index (κ2) is 3.94. The molecule has 0 bridgehead atoms. The minimum Gasteiger partial charge on any atom is -0.383 e. The molecule has 2 nitrogen and oxygen atoms in total. The second-order valence-electron chi connectivity index (χ2n) is 3.24. The molecule has 1 aliphatic heterocycles. The molecule has 2 unspecified atom stereocenters. The van der Waals surface area contributed by atoms with Gasteiger partial charge in [-0.05, 0) is 25.3 Å². The molecule has 60 valence electrons. The van der Waals surface area contributed by atoms with Gasteiger partial charge in [-0.15, -0.1) is 0 Å². The van der Waals surface area contributed by atoms with Gasteiger partial charge in [0.15, 0.2) is 0 Å². The van der Waals surface area contributed by atoms with Crippen LogP contribution in [0, 0.1) is 5.92 Å². The standard InChI is InChI=1S/C8H17NO/c1-7-3-4-9-8(5-7)6-10-2/h7-9H,3-6H2,1-2H3. The molecule has 1 saturated heterocycles. The molecule has 10 heavy (non-hydrogen) atoms.